The van der Waals surface area contributed by atoms with E-state index >= 15 is 0 Å². The Morgan fingerprint density at radius 3 is 2.55 bits per heavy atom. The number of methoxy groups -OCH3 is 1. The van der Waals surface area contributed by atoms with Gasteiger partial charge in [-0.2, -0.15) is 4.90 Å². The zero-order valence-corrected chi connectivity index (χ0v) is 17.9. The molecule has 1 aromatic rings. The Morgan fingerprint density at radius 1 is 1.32 bits per heavy atom. The van der Waals surface area contributed by atoms with Crippen LogP contribution in [0.2, 0.25) is 0 Å². The molecule has 0 radical (unpaired) electrons. The molecule has 1 aromatic carbocycles. The van der Waals surface area contributed by atoms with E-state index < -0.39 is 20.8 Å². The number of hydrogen-bond acceptors (Lipinski definition) is 3. The Balaban J connectivity index is 0.000000745. The first-order valence-electron chi connectivity index (χ1n) is 7.44. The average molecular weight is 439 g/mol. The summed E-state index contributed by atoms with van der Waals surface area (Å²) in [5.41, 5.74) is 2.08. The van der Waals surface area contributed by atoms with E-state index in [-0.39, 0.29) is 0 Å². The van der Waals surface area contributed by atoms with E-state index in [2.05, 4.69) is 4.99 Å². The van der Waals surface area contributed by atoms with Gasteiger partial charge in [0.25, 0.3) is 0 Å². The standard InChI is InChI=1S/C16H23NOS.2ClH.Zr/c1-12-8-15(18-2)9-14(16(12)19)11-17-10-13-6-4-3-5-7-13;;;/h8-9,11,13,19H,3-7,10H2,1-2H3;2*1H;/q;;;+2/p-3. The number of nitrogens with zero attached hydrogens (tertiary/aromatic N) is 1. The summed E-state index contributed by atoms with van der Waals surface area (Å²) in [4.78, 5) is 5.48. The molecule has 2 rings (SSSR count). The Hall–Kier alpha value is 0.373. The SMILES string of the molecule is COc1cc(C)c([S-])c(C=NCC2CCCCC2)c1.[Cl][Zr][Cl]. The van der Waals surface area contributed by atoms with Gasteiger partial charge >= 0.3 is 37.9 Å². The zero-order valence-electron chi connectivity index (χ0n) is 13.1. The van der Waals surface area contributed by atoms with E-state index in [1.54, 1.807) is 7.11 Å². The second kappa shape index (κ2) is 11.8. The number of benzene rings is 1. The van der Waals surface area contributed by atoms with Crippen molar-refractivity contribution in [2.75, 3.05) is 13.7 Å². The van der Waals surface area contributed by atoms with E-state index in [4.69, 9.17) is 34.4 Å². The first-order chi connectivity index (χ1) is 10.6. The third-order valence-corrected chi connectivity index (χ3v) is 4.39. The van der Waals surface area contributed by atoms with Gasteiger partial charge in [0.05, 0.1) is 7.11 Å². The minimum atomic E-state index is -0.826. The van der Waals surface area contributed by atoms with E-state index in [1.807, 2.05) is 25.3 Å². The van der Waals surface area contributed by atoms with Crippen molar-refractivity contribution in [3.63, 3.8) is 0 Å². The van der Waals surface area contributed by atoms with Crippen molar-refractivity contribution in [2.24, 2.45) is 10.9 Å². The molecule has 1 saturated carbocycles. The maximum absolute atomic E-state index is 5.42. The van der Waals surface area contributed by atoms with Gasteiger partial charge in [0, 0.05) is 12.8 Å². The summed E-state index contributed by atoms with van der Waals surface area (Å²) >= 11 is 4.60. The van der Waals surface area contributed by atoms with Crippen LogP contribution in [-0.2, 0) is 33.5 Å². The van der Waals surface area contributed by atoms with Crippen LogP contribution >= 0.6 is 17.0 Å². The Morgan fingerprint density at radius 2 is 1.95 bits per heavy atom. The zero-order chi connectivity index (χ0) is 16.4. The molecule has 1 fully saturated rings. The third kappa shape index (κ3) is 7.30. The molecule has 122 valence electrons. The van der Waals surface area contributed by atoms with Crippen LogP contribution < -0.4 is 4.74 Å². The van der Waals surface area contributed by atoms with Crippen molar-refractivity contribution in [2.45, 2.75) is 43.9 Å². The molecule has 1 aliphatic rings. The van der Waals surface area contributed by atoms with Gasteiger partial charge in [-0.05, 0) is 43.4 Å². The summed E-state index contributed by atoms with van der Waals surface area (Å²) < 4.78 is 5.28. The van der Waals surface area contributed by atoms with Crippen molar-refractivity contribution in [3.05, 3.63) is 23.3 Å². The Labute approximate surface area is 158 Å². The molecule has 0 heterocycles. The fourth-order valence-electron chi connectivity index (χ4n) is 2.65. The van der Waals surface area contributed by atoms with Gasteiger partial charge in [-0.25, -0.2) is 0 Å². The number of aliphatic imine (C=N–C) groups is 1. The van der Waals surface area contributed by atoms with Crippen LogP contribution in [0.15, 0.2) is 22.0 Å². The molecule has 1 aliphatic carbocycles. The van der Waals surface area contributed by atoms with Gasteiger partial charge in [-0.15, -0.1) is 0 Å². The molecule has 0 saturated heterocycles. The molecule has 0 atom stereocenters. The van der Waals surface area contributed by atoms with Crippen LogP contribution in [-0.4, -0.2) is 19.9 Å². The first-order valence-corrected chi connectivity index (χ1v) is 14.2. The number of ether oxygens (including phenoxy) is 1. The van der Waals surface area contributed by atoms with Gasteiger partial charge in [0.1, 0.15) is 5.75 Å². The van der Waals surface area contributed by atoms with Gasteiger partial charge in [-0.3, -0.25) is 4.99 Å². The summed E-state index contributed by atoms with van der Waals surface area (Å²) in [6, 6.07) is 3.94. The maximum atomic E-state index is 5.42. The summed E-state index contributed by atoms with van der Waals surface area (Å²) in [5, 5.41) is 0. The molecule has 2 nitrogen and oxygen atoms in total. The molecule has 0 unspecified atom stereocenters. The van der Waals surface area contributed by atoms with E-state index in [0.717, 1.165) is 34.2 Å². The van der Waals surface area contributed by atoms with Crippen LogP contribution in [0.4, 0.5) is 0 Å². The average Bonchev–Trinajstić information content (AvgIpc) is 2.53. The quantitative estimate of drug-likeness (QED) is 0.471. The number of aryl methyl sites for hydroxylation is 1. The van der Waals surface area contributed by atoms with Gasteiger partial charge < -0.3 is 17.4 Å². The van der Waals surface area contributed by atoms with Crippen molar-refractivity contribution < 1.29 is 25.6 Å². The normalized spacial score (nSPS) is 15.3. The first kappa shape index (κ1) is 20.4. The minimum absolute atomic E-state index is 0.769. The van der Waals surface area contributed by atoms with Crippen molar-refractivity contribution >= 4 is 35.9 Å². The van der Waals surface area contributed by atoms with E-state index in [1.165, 1.54) is 32.1 Å². The van der Waals surface area contributed by atoms with E-state index in [9.17, 15) is 0 Å². The second-order valence-corrected chi connectivity index (χ2v) is 9.57. The Bertz CT molecular complexity index is 479. The van der Waals surface area contributed by atoms with Crippen LogP contribution in [0.25, 0.3) is 0 Å². The number of halogens is 2. The topological polar surface area (TPSA) is 21.6 Å². The van der Waals surface area contributed by atoms with Crippen LogP contribution in [0.5, 0.6) is 5.75 Å². The second-order valence-electron chi connectivity index (χ2n) is 5.43. The van der Waals surface area contributed by atoms with Gasteiger partial charge in [0.15, 0.2) is 0 Å². The number of hydrogen-bond donors (Lipinski definition) is 0. The molecule has 0 aliphatic heterocycles. The predicted octanol–water partition coefficient (Wildman–Crippen LogP) is 5.29. The third-order valence-electron chi connectivity index (χ3n) is 3.83. The van der Waals surface area contributed by atoms with Gasteiger partial charge in [0.2, 0.25) is 0 Å². The van der Waals surface area contributed by atoms with Crippen LogP contribution in [0.3, 0.4) is 0 Å². The molecule has 0 aromatic heterocycles. The molecular weight excluding hydrogens is 416 g/mol. The predicted molar refractivity (Wildman–Crippen MR) is 94.1 cm³/mol. The molecule has 6 heteroatoms. The molecule has 0 bridgehead atoms. The van der Waals surface area contributed by atoms with Crippen molar-refractivity contribution in [1.82, 2.24) is 0 Å². The fraction of sp³-hybridized carbons (Fsp3) is 0.562. The van der Waals surface area contributed by atoms with Crippen LogP contribution in [0, 0.1) is 12.8 Å². The van der Waals surface area contributed by atoms with Crippen LogP contribution in [0.1, 0.15) is 43.2 Å². The summed E-state index contributed by atoms with van der Waals surface area (Å²) in [6.07, 6.45) is 8.71. The molecule has 22 heavy (non-hydrogen) atoms. The molecule has 0 N–H and O–H groups in total. The summed E-state index contributed by atoms with van der Waals surface area (Å²) in [6.45, 7) is 2.95. The monoisotopic (exact) mass is 436 g/mol. The summed E-state index contributed by atoms with van der Waals surface area (Å²) in [5.74, 6) is 1.62. The molecule has 0 spiro atoms. The van der Waals surface area contributed by atoms with E-state index in [0.29, 0.717) is 0 Å². The number of rotatable bonds is 4. The summed E-state index contributed by atoms with van der Waals surface area (Å²) in [7, 11) is 11.5. The fourth-order valence-corrected chi connectivity index (χ4v) is 2.82. The Kier molecular flexibility index (Phi) is 11.0. The van der Waals surface area contributed by atoms with Crippen molar-refractivity contribution in [3.8, 4) is 5.75 Å². The molecule has 0 amide bonds. The molecular formula is C16H22Cl2NOSZr-. The van der Waals surface area contributed by atoms with Gasteiger partial charge in [-0.1, -0.05) is 24.8 Å². The van der Waals surface area contributed by atoms with Crippen molar-refractivity contribution in [1.29, 1.82) is 0 Å².